The van der Waals surface area contributed by atoms with Crippen molar-refractivity contribution in [1.29, 1.82) is 0 Å². The molecule has 0 aliphatic carbocycles. The number of nitrogens with two attached hydrogens (primary N) is 1. The monoisotopic (exact) mass is 519 g/mol. The highest BCUT2D eigenvalue weighted by atomic mass is 16.6. The van der Waals surface area contributed by atoms with Crippen molar-refractivity contribution in [1.82, 2.24) is 4.57 Å². The Bertz CT molecular complexity index is 1310. The van der Waals surface area contributed by atoms with Gasteiger partial charge in [0.15, 0.2) is 0 Å². The van der Waals surface area contributed by atoms with Gasteiger partial charge in [0.2, 0.25) is 5.91 Å². The first kappa shape index (κ1) is 28.7. The van der Waals surface area contributed by atoms with Crippen LogP contribution >= 0.6 is 0 Å². The van der Waals surface area contributed by atoms with Crippen LogP contribution in [0.15, 0.2) is 65.6 Å². The SMILES string of the molecule is CCc1ccn(Cc2ccc(OC)cc2)c(=O)c1NC(=O)[C@@H](N)Cc1ccc(CC(=O)OC(C)(C)C)cc1. The van der Waals surface area contributed by atoms with E-state index in [0.29, 0.717) is 13.0 Å². The molecule has 1 atom stereocenters. The number of pyridine rings is 1. The van der Waals surface area contributed by atoms with E-state index in [4.69, 9.17) is 15.2 Å². The fourth-order valence-electron chi connectivity index (χ4n) is 3.99. The Morgan fingerprint density at radius 1 is 0.974 bits per heavy atom. The number of esters is 1. The summed E-state index contributed by atoms with van der Waals surface area (Å²) in [5.41, 5.74) is 8.97. The molecule has 8 heteroatoms. The number of anilines is 1. The van der Waals surface area contributed by atoms with E-state index in [1.807, 2.05) is 82.3 Å². The molecule has 38 heavy (non-hydrogen) atoms. The second-order valence-corrected chi connectivity index (χ2v) is 10.2. The molecule has 0 radical (unpaired) electrons. The van der Waals surface area contributed by atoms with Crippen molar-refractivity contribution in [3.8, 4) is 5.75 Å². The van der Waals surface area contributed by atoms with Crippen LogP contribution in [-0.4, -0.2) is 35.2 Å². The lowest BCUT2D eigenvalue weighted by atomic mass is 10.0. The normalized spacial score (nSPS) is 12.1. The molecule has 1 aromatic heterocycles. The molecule has 0 unspecified atom stereocenters. The van der Waals surface area contributed by atoms with Crippen LogP contribution in [0.25, 0.3) is 0 Å². The van der Waals surface area contributed by atoms with E-state index < -0.39 is 17.6 Å². The van der Waals surface area contributed by atoms with Gasteiger partial charge >= 0.3 is 5.97 Å². The first-order chi connectivity index (χ1) is 18.0. The van der Waals surface area contributed by atoms with Crippen molar-refractivity contribution in [2.75, 3.05) is 12.4 Å². The predicted octanol–water partition coefficient (Wildman–Crippen LogP) is 3.86. The number of hydrogen-bond donors (Lipinski definition) is 2. The van der Waals surface area contributed by atoms with Crippen molar-refractivity contribution < 1.29 is 19.1 Å². The lowest BCUT2D eigenvalue weighted by Gasteiger charge is -2.19. The molecule has 3 aromatic rings. The number of hydrogen-bond acceptors (Lipinski definition) is 6. The first-order valence-corrected chi connectivity index (χ1v) is 12.7. The number of amides is 1. The Labute approximate surface area is 223 Å². The predicted molar refractivity (Wildman–Crippen MR) is 148 cm³/mol. The summed E-state index contributed by atoms with van der Waals surface area (Å²) in [5, 5.41) is 2.77. The summed E-state index contributed by atoms with van der Waals surface area (Å²) >= 11 is 0. The standard InChI is InChI=1S/C30H37N3O5/c1-6-23-15-16-33(19-22-11-13-24(37-5)14-12-22)29(36)27(23)32-28(35)25(31)17-20-7-9-21(10-8-20)18-26(34)38-30(2,3)4/h7-16,25H,6,17-19,31H2,1-5H3,(H,32,35)/t25-/m0/s1. The molecule has 202 valence electrons. The summed E-state index contributed by atoms with van der Waals surface area (Å²) in [6.45, 7) is 7.77. The van der Waals surface area contributed by atoms with Crippen LogP contribution in [0.5, 0.6) is 5.75 Å². The number of aryl methyl sites for hydroxylation is 1. The molecule has 8 nitrogen and oxygen atoms in total. The van der Waals surface area contributed by atoms with Gasteiger partial charge in [-0.2, -0.15) is 0 Å². The highest BCUT2D eigenvalue weighted by Crippen LogP contribution is 2.16. The first-order valence-electron chi connectivity index (χ1n) is 12.7. The van der Waals surface area contributed by atoms with Crippen LogP contribution in [0.1, 0.15) is 49.9 Å². The van der Waals surface area contributed by atoms with Gasteiger partial charge in [-0.1, -0.05) is 43.3 Å². The second kappa shape index (κ2) is 12.6. The molecule has 3 rings (SSSR count). The fourth-order valence-corrected chi connectivity index (χ4v) is 3.99. The number of methoxy groups -OCH3 is 1. The zero-order valence-electron chi connectivity index (χ0n) is 22.7. The van der Waals surface area contributed by atoms with E-state index in [1.54, 1.807) is 17.9 Å². The summed E-state index contributed by atoms with van der Waals surface area (Å²) in [6, 6.07) is 15.8. The molecule has 1 heterocycles. The third-order valence-electron chi connectivity index (χ3n) is 5.98. The summed E-state index contributed by atoms with van der Waals surface area (Å²) in [4.78, 5) is 38.3. The summed E-state index contributed by atoms with van der Waals surface area (Å²) in [7, 11) is 1.60. The van der Waals surface area contributed by atoms with Gasteiger partial charge in [-0.05, 0) is 74.1 Å². The Morgan fingerprint density at radius 3 is 2.16 bits per heavy atom. The Kier molecular flexibility index (Phi) is 9.47. The Balaban J connectivity index is 1.67. The van der Waals surface area contributed by atoms with E-state index in [1.165, 1.54) is 0 Å². The number of carbonyl (C=O) groups excluding carboxylic acids is 2. The minimum atomic E-state index is -0.856. The maximum absolute atomic E-state index is 13.2. The average molecular weight is 520 g/mol. The Morgan fingerprint density at radius 2 is 1.58 bits per heavy atom. The minimum Gasteiger partial charge on any atom is -0.497 e. The molecule has 0 saturated heterocycles. The number of nitrogens with one attached hydrogen (secondary N) is 1. The molecular weight excluding hydrogens is 482 g/mol. The van der Waals surface area contributed by atoms with Gasteiger partial charge in [0.05, 0.1) is 26.1 Å². The van der Waals surface area contributed by atoms with E-state index in [2.05, 4.69) is 5.32 Å². The summed E-state index contributed by atoms with van der Waals surface area (Å²) in [5.74, 6) is 0.00689. The van der Waals surface area contributed by atoms with Crippen molar-refractivity contribution in [2.24, 2.45) is 5.73 Å². The molecule has 0 aliphatic heterocycles. The van der Waals surface area contributed by atoms with Gasteiger partial charge in [-0.3, -0.25) is 14.4 Å². The molecule has 0 saturated carbocycles. The highest BCUT2D eigenvalue weighted by Gasteiger charge is 2.19. The number of aromatic nitrogens is 1. The Hall–Kier alpha value is -3.91. The van der Waals surface area contributed by atoms with E-state index >= 15 is 0 Å². The van der Waals surface area contributed by atoms with Gasteiger partial charge < -0.3 is 25.1 Å². The third kappa shape index (κ3) is 8.05. The van der Waals surface area contributed by atoms with Gasteiger partial charge in [-0.25, -0.2) is 0 Å². The third-order valence-corrected chi connectivity index (χ3v) is 5.98. The van der Waals surface area contributed by atoms with Crippen molar-refractivity contribution in [3.63, 3.8) is 0 Å². The quantitative estimate of drug-likeness (QED) is 0.394. The van der Waals surface area contributed by atoms with Crippen molar-refractivity contribution in [3.05, 3.63) is 93.4 Å². The summed E-state index contributed by atoms with van der Waals surface area (Å²) in [6.07, 6.45) is 2.77. The maximum Gasteiger partial charge on any atom is 0.310 e. The zero-order chi connectivity index (χ0) is 27.9. The number of benzene rings is 2. The highest BCUT2D eigenvalue weighted by molar-refractivity contribution is 5.95. The zero-order valence-corrected chi connectivity index (χ0v) is 22.7. The molecule has 0 aliphatic rings. The lowest BCUT2D eigenvalue weighted by molar-refractivity contribution is -0.153. The van der Waals surface area contributed by atoms with Crippen LogP contribution in [0.2, 0.25) is 0 Å². The molecule has 1 amide bonds. The van der Waals surface area contributed by atoms with E-state index in [-0.39, 0.29) is 30.1 Å². The average Bonchev–Trinajstić information content (AvgIpc) is 2.87. The molecule has 3 N–H and O–H groups in total. The van der Waals surface area contributed by atoms with Gasteiger partial charge in [0.25, 0.3) is 5.56 Å². The van der Waals surface area contributed by atoms with E-state index in [9.17, 15) is 14.4 Å². The second-order valence-electron chi connectivity index (χ2n) is 10.2. The van der Waals surface area contributed by atoms with Crippen molar-refractivity contribution >= 4 is 17.6 Å². The molecule has 0 fully saturated rings. The van der Waals surface area contributed by atoms with Crippen LogP contribution in [0, 0.1) is 0 Å². The fraction of sp³-hybridized carbons (Fsp3) is 0.367. The largest absolute Gasteiger partial charge is 0.497 e. The van der Waals surface area contributed by atoms with Crippen LogP contribution in [0.4, 0.5) is 5.69 Å². The topological polar surface area (TPSA) is 113 Å². The lowest BCUT2D eigenvalue weighted by Crippen LogP contribution is -2.39. The number of ether oxygens (including phenoxy) is 2. The number of rotatable bonds is 10. The van der Waals surface area contributed by atoms with E-state index in [0.717, 1.165) is 28.0 Å². The van der Waals surface area contributed by atoms with Gasteiger partial charge in [-0.15, -0.1) is 0 Å². The molecule has 2 aromatic carbocycles. The van der Waals surface area contributed by atoms with Crippen LogP contribution in [-0.2, 0) is 40.1 Å². The maximum atomic E-state index is 13.2. The number of nitrogens with zero attached hydrogens (tertiary/aromatic N) is 1. The molecule has 0 spiro atoms. The molecule has 0 bridgehead atoms. The van der Waals surface area contributed by atoms with Gasteiger partial charge in [0.1, 0.15) is 17.0 Å². The van der Waals surface area contributed by atoms with Crippen molar-refractivity contribution in [2.45, 2.75) is 65.1 Å². The van der Waals surface area contributed by atoms with Crippen LogP contribution in [0.3, 0.4) is 0 Å². The van der Waals surface area contributed by atoms with Crippen LogP contribution < -0.4 is 21.3 Å². The summed E-state index contributed by atoms with van der Waals surface area (Å²) < 4.78 is 12.1. The smallest absolute Gasteiger partial charge is 0.310 e. The van der Waals surface area contributed by atoms with Gasteiger partial charge in [0, 0.05) is 6.20 Å². The number of carbonyl (C=O) groups is 2. The minimum absolute atomic E-state index is 0.167. The molecular formula is C30H37N3O5.